The summed E-state index contributed by atoms with van der Waals surface area (Å²) in [6.07, 6.45) is 1.58. The van der Waals surface area contributed by atoms with Gasteiger partial charge < -0.3 is 4.84 Å². The Labute approximate surface area is 103 Å². The molecule has 17 heavy (non-hydrogen) atoms. The average molecular weight is 254 g/mol. The number of halogens is 1. The number of pyridine rings is 1. The number of nitrogens with zero attached hydrogens (tertiary/aromatic N) is 3. The lowest BCUT2D eigenvalue weighted by Gasteiger charge is -2.11. The lowest BCUT2D eigenvalue weighted by molar-refractivity contribution is 0.0868. The molecule has 0 spiro atoms. The molecule has 0 atom stereocenters. The molecule has 0 aliphatic rings. The minimum atomic E-state index is -0.554. The summed E-state index contributed by atoms with van der Waals surface area (Å²) < 4.78 is 1.08. The number of rotatable bonds is 3. The van der Waals surface area contributed by atoms with Gasteiger partial charge in [-0.2, -0.15) is 4.98 Å². The molecule has 0 bridgehead atoms. The smallest absolute Gasteiger partial charge is 0.383 e. The minimum absolute atomic E-state index is 0.141. The van der Waals surface area contributed by atoms with Gasteiger partial charge in [-0.05, 0) is 18.1 Å². The molecule has 0 saturated heterocycles. The van der Waals surface area contributed by atoms with Crippen LogP contribution in [0.25, 0.3) is 11.0 Å². The van der Waals surface area contributed by atoms with Crippen molar-refractivity contribution in [2.45, 2.75) is 13.8 Å². The zero-order chi connectivity index (χ0) is 12.4. The number of hydrogen-bond acceptors (Lipinski definition) is 4. The van der Waals surface area contributed by atoms with E-state index in [0.717, 1.165) is 4.73 Å². The molecule has 0 amide bonds. The predicted octanol–water partition coefficient (Wildman–Crippen LogP) is 1.53. The Hall–Kier alpha value is -1.62. The standard InChI is InChI=1S/C11H12ClN3O2/c1-7(2)6-17-15-10-8(4-3-5-13-10)9(12)14-11(15)16/h3-5,7H,6H2,1-2H3. The molecule has 0 radical (unpaired) electrons. The quantitative estimate of drug-likeness (QED) is 0.779. The van der Waals surface area contributed by atoms with Crippen molar-refractivity contribution in [2.75, 3.05) is 6.61 Å². The second-order valence-corrected chi connectivity index (χ2v) is 4.40. The third-order valence-corrected chi connectivity index (χ3v) is 2.39. The van der Waals surface area contributed by atoms with Crippen LogP contribution in [-0.2, 0) is 0 Å². The first-order valence-corrected chi connectivity index (χ1v) is 5.64. The molecule has 2 aromatic rings. The molecule has 0 saturated carbocycles. The van der Waals surface area contributed by atoms with E-state index in [-0.39, 0.29) is 5.15 Å². The van der Waals surface area contributed by atoms with Crippen molar-refractivity contribution in [1.82, 2.24) is 14.7 Å². The molecule has 0 aliphatic carbocycles. The van der Waals surface area contributed by atoms with Crippen molar-refractivity contribution >= 4 is 22.6 Å². The molecule has 0 aliphatic heterocycles. The Kier molecular flexibility index (Phi) is 3.28. The van der Waals surface area contributed by atoms with E-state index in [0.29, 0.717) is 23.6 Å². The van der Waals surface area contributed by atoms with Gasteiger partial charge in [-0.15, -0.1) is 4.73 Å². The molecular weight excluding hydrogens is 242 g/mol. The Morgan fingerprint density at radius 2 is 2.29 bits per heavy atom. The molecule has 0 N–H and O–H groups in total. The van der Waals surface area contributed by atoms with Crippen molar-refractivity contribution in [3.05, 3.63) is 34.0 Å². The number of hydrogen-bond donors (Lipinski definition) is 0. The van der Waals surface area contributed by atoms with Crippen LogP contribution < -0.4 is 10.5 Å². The van der Waals surface area contributed by atoms with Crippen LogP contribution in [0.2, 0.25) is 5.15 Å². The fraction of sp³-hybridized carbons (Fsp3) is 0.364. The first-order valence-electron chi connectivity index (χ1n) is 5.26. The highest BCUT2D eigenvalue weighted by atomic mass is 35.5. The van der Waals surface area contributed by atoms with Crippen molar-refractivity contribution in [1.29, 1.82) is 0 Å². The van der Waals surface area contributed by atoms with E-state index >= 15 is 0 Å². The Morgan fingerprint density at radius 3 is 3.00 bits per heavy atom. The maximum atomic E-state index is 11.7. The van der Waals surface area contributed by atoms with Gasteiger partial charge >= 0.3 is 5.69 Å². The third-order valence-electron chi connectivity index (χ3n) is 2.11. The van der Waals surface area contributed by atoms with Gasteiger partial charge in [0, 0.05) is 6.20 Å². The fourth-order valence-electron chi connectivity index (χ4n) is 1.34. The number of aromatic nitrogens is 3. The molecule has 0 unspecified atom stereocenters. The van der Waals surface area contributed by atoms with Crippen LogP contribution in [0.1, 0.15) is 13.8 Å². The maximum absolute atomic E-state index is 11.7. The number of fused-ring (bicyclic) bond motifs is 1. The van der Waals surface area contributed by atoms with Crippen molar-refractivity contribution in [3.8, 4) is 0 Å². The topological polar surface area (TPSA) is 57.0 Å². The lowest BCUT2D eigenvalue weighted by Crippen LogP contribution is -2.31. The SMILES string of the molecule is CC(C)COn1c(=O)nc(Cl)c2cccnc21. The Balaban J connectivity index is 2.57. The largest absolute Gasteiger partial charge is 0.407 e. The second-order valence-electron chi connectivity index (χ2n) is 4.04. The fourth-order valence-corrected chi connectivity index (χ4v) is 1.56. The molecule has 2 heterocycles. The van der Waals surface area contributed by atoms with Crippen LogP contribution in [-0.4, -0.2) is 21.3 Å². The normalized spacial score (nSPS) is 11.1. The third kappa shape index (κ3) is 2.39. The summed E-state index contributed by atoms with van der Waals surface area (Å²) in [4.78, 5) is 24.8. The molecule has 0 aromatic carbocycles. The van der Waals surface area contributed by atoms with Crippen LogP contribution in [0.15, 0.2) is 23.1 Å². The van der Waals surface area contributed by atoms with E-state index in [2.05, 4.69) is 9.97 Å². The van der Waals surface area contributed by atoms with Gasteiger partial charge in [-0.3, -0.25) is 0 Å². The van der Waals surface area contributed by atoms with E-state index < -0.39 is 5.69 Å². The van der Waals surface area contributed by atoms with Crippen molar-refractivity contribution < 1.29 is 4.84 Å². The highest BCUT2D eigenvalue weighted by molar-refractivity contribution is 6.33. The van der Waals surface area contributed by atoms with Gasteiger partial charge in [0.2, 0.25) is 0 Å². The lowest BCUT2D eigenvalue weighted by atomic mass is 10.2. The Morgan fingerprint density at radius 1 is 1.53 bits per heavy atom. The van der Waals surface area contributed by atoms with E-state index in [1.807, 2.05) is 13.8 Å². The Bertz CT molecular complexity index is 595. The minimum Gasteiger partial charge on any atom is -0.407 e. The van der Waals surface area contributed by atoms with Crippen LogP contribution >= 0.6 is 11.6 Å². The molecule has 5 nitrogen and oxygen atoms in total. The monoisotopic (exact) mass is 253 g/mol. The highest BCUT2D eigenvalue weighted by Crippen LogP contribution is 2.16. The van der Waals surface area contributed by atoms with Crippen molar-refractivity contribution in [2.24, 2.45) is 5.92 Å². The summed E-state index contributed by atoms with van der Waals surface area (Å²) in [5, 5.41) is 0.736. The highest BCUT2D eigenvalue weighted by Gasteiger charge is 2.10. The van der Waals surface area contributed by atoms with Crippen LogP contribution in [0.5, 0.6) is 0 Å². The van der Waals surface area contributed by atoms with E-state index in [9.17, 15) is 4.79 Å². The summed E-state index contributed by atoms with van der Waals surface area (Å²) in [6, 6.07) is 3.47. The van der Waals surface area contributed by atoms with Gasteiger partial charge in [-0.1, -0.05) is 25.4 Å². The summed E-state index contributed by atoms with van der Waals surface area (Å²) in [5.74, 6) is 0.302. The molecule has 2 rings (SSSR count). The molecule has 6 heteroatoms. The van der Waals surface area contributed by atoms with Gasteiger partial charge in [0.15, 0.2) is 5.65 Å². The zero-order valence-corrected chi connectivity index (χ0v) is 10.3. The second kappa shape index (κ2) is 4.71. The van der Waals surface area contributed by atoms with Gasteiger partial charge in [0.05, 0.1) is 5.39 Å². The predicted molar refractivity (Wildman–Crippen MR) is 65.1 cm³/mol. The summed E-state index contributed by atoms with van der Waals surface area (Å²) in [7, 11) is 0. The summed E-state index contributed by atoms with van der Waals surface area (Å²) in [5.41, 5.74) is -0.167. The van der Waals surface area contributed by atoms with Crippen molar-refractivity contribution in [3.63, 3.8) is 0 Å². The molecule has 2 aromatic heterocycles. The van der Waals surface area contributed by atoms with E-state index in [1.165, 1.54) is 0 Å². The zero-order valence-electron chi connectivity index (χ0n) is 9.55. The van der Waals surface area contributed by atoms with Crippen LogP contribution in [0.3, 0.4) is 0 Å². The molecule has 0 fully saturated rings. The van der Waals surface area contributed by atoms with E-state index in [1.54, 1.807) is 18.3 Å². The summed E-state index contributed by atoms with van der Waals surface area (Å²) >= 11 is 5.88. The van der Waals surface area contributed by atoms with Crippen LogP contribution in [0.4, 0.5) is 0 Å². The maximum Gasteiger partial charge on any atom is 0.383 e. The summed E-state index contributed by atoms with van der Waals surface area (Å²) in [6.45, 7) is 4.39. The average Bonchev–Trinajstić information content (AvgIpc) is 2.28. The van der Waals surface area contributed by atoms with Gasteiger partial charge in [-0.25, -0.2) is 9.78 Å². The molecular formula is C11H12ClN3O2. The first kappa shape index (κ1) is 11.9. The molecule has 90 valence electrons. The van der Waals surface area contributed by atoms with Gasteiger partial charge in [0.25, 0.3) is 0 Å². The van der Waals surface area contributed by atoms with E-state index in [4.69, 9.17) is 16.4 Å². The van der Waals surface area contributed by atoms with Crippen LogP contribution in [0, 0.1) is 5.92 Å². The van der Waals surface area contributed by atoms with Gasteiger partial charge in [0.1, 0.15) is 11.8 Å². The first-order chi connectivity index (χ1) is 8.09.